The van der Waals surface area contributed by atoms with E-state index in [-0.39, 0.29) is 5.91 Å². The van der Waals surface area contributed by atoms with E-state index in [0.717, 1.165) is 5.69 Å². The molecular weight excluding hydrogens is 218 g/mol. The third kappa shape index (κ3) is 4.14. The molecule has 4 N–H and O–H groups in total. The summed E-state index contributed by atoms with van der Waals surface area (Å²) in [5.74, 6) is -0.814. The lowest BCUT2D eigenvalue weighted by atomic mass is 10.2. The molecule has 1 aromatic carbocycles. The topological polar surface area (TPSA) is 84.2 Å². The van der Waals surface area contributed by atoms with E-state index in [1.807, 2.05) is 30.3 Å². The summed E-state index contributed by atoms with van der Waals surface area (Å²) < 4.78 is 0. The second kappa shape index (κ2) is 5.89. The molecule has 1 aromatic rings. The molecule has 0 bridgehead atoms. The standard InChI is InChI=1S/C12H17N3O2/c1-8(11(13)16)15-12(17)9(2)14-10-6-4-3-5-7-10/h3-9,14H,1-2H3,(H2,13,16)(H,15,17)/t8-,9-/m0/s1. The molecule has 2 atom stereocenters. The number of nitrogens with two attached hydrogens (primary N) is 1. The summed E-state index contributed by atoms with van der Waals surface area (Å²) in [5.41, 5.74) is 5.91. The molecule has 0 fully saturated rings. The van der Waals surface area contributed by atoms with Crippen LogP contribution in [0, 0.1) is 0 Å². The molecule has 0 aliphatic carbocycles. The second-order valence-corrected chi connectivity index (χ2v) is 3.86. The summed E-state index contributed by atoms with van der Waals surface area (Å²) in [5, 5.41) is 5.55. The van der Waals surface area contributed by atoms with Gasteiger partial charge in [-0.25, -0.2) is 0 Å². The Morgan fingerprint density at radius 1 is 1.12 bits per heavy atom. The highest BCUT2D eigenvalue weighted by atomic mass is 16.2. The maximum Gasteiger partial charge on any atom is 0.242 e. The Morgan fingerprint density at radius 2 is 1.71 bits per heavy atom. The first-order chi connectivity index (χ1) is 8.00. The van der Waals surface area contributed by atoms with Gasteiger partial charge in [-0.05, 0) is 26.0 Å². The highest BCUT2D eigenvalue weighted by molar-refractivity contribution is 5.89. The van der Waals surface area contributed by atoms with Crippen LogP contribution in [-0.4, -0.2) is 23.9 Å². The summed E-state index contributed by atoms with van der Waals surface area (Å²) >= 11 is 0. The number of carbonyl (C=O) groups excluding carboxylic acids is 2. The minimum Gasteiger partial charge on any atom is -0.374 e. The lowest BCUT2D eigenvalue weighted by Crippen LogP contribution is -2.47. The van der Waals surface area contributed by atoms with E-state index in [1.165, 1.54) is 0 Å². The predicted octanol–water partition coefficient (Wildman–Crippen LogP) is 0.477. The minimum absolute atomic E-state index is 0.264. The molecule has 17 heavy (non-hydrogen) atoms. The Hall–Kier alpha value is -2.04. The summed E-state index contributed by atoms with van der Waals surface area (Å²) in [4.78, 5) is 22.5. The number of amides is 2. The summed E-state index contributed by atoms with van der Waals surface area (Å²) in [6.07, 6.45) is 0. The van der Waals surface area contributed by atoms with Crippen molar-refractivity contribution in [1.29, 1.82) is 0 Å². The molecule has 92 valence electrons. The fraction of sp³-hybridized carbons (Fsp3) is 0.333. The zero-order valence-corrected chi connectivity index (χ0v) is 9.94. The Morgan fingerprint density at radius 3 is 2.24 bits per heavy atom. The average Bonchev–Trinajstić information content (AvgIpc) is 2.29. The molecule has 0 saturated heterocycles. The van der Waals surface area contributed by atoms with Crippen LogP contribution < -0.4 is 16.4 Å². The monoisotopic (exact) mass is 235 g/mol. The van der Waals surface area contributed by atoms with Crippen molar-refractivity contribution in [2.45, 2.75) is 25.9 Å². The van der Waals surface area contributed by atoms with Crippen molar-refractivity contribution >= 4 is 17.5 Å². The number of para-hydroxylation sites is 1. The van der Waals surface area contributed by atoms with Gasteiger partial charge in [-0.15, -0.1) is 0 Å². The molecule has 2 amide bonds. The van der Waals surface area contributed by atoms with E-state index in [1.54, 1.807) is 13.8 Å². The van der Waals surface area contributed by atoms with Crippen LogP contribution >= 0.6 is 0 Å². The second-order valence-electron chi connectivity index (χ2n) is 3.86. The van der Waals surface area contributed by atoms with E-state index >= 15 is 0 Å². The van der Waals surface area contributed by atoms with Crippen molar-refractivity contribution < 1.29 is 9.59 Å². The van der Waals surface area contributed by atoms with Gasteiger partial charge in [0.05, 0.1) is 0 Å². The Labute approximate surface area is 100 Å². The number of primary amides is 1. The van der Waals surface area contributed by atoms with Gasteiger partial charge >= 0.3 is 0 Å². The molecule has 0 aromatic heterocycles. The molecule has 0 radical (unpaired) electrons. The molecule has 5 heteroatoms. The molecule has 5 nitrogen and oxygen atoms in total. The third-order valence-electron chi connectivity index (χ3n) is 2.34. The Kier molecular flexibility index (Phi) is 4.51. The number of benzene rings is 1. The lowest BCUT2D eigenvalue weighted by molar-refractivity contribution is -0.127. The van der Waals surface area contributed by atoms with Gasteiger partial charge in [-0.3, -0.25) is 9.59 Å². The van der Waals surface area contributed by atoms with Crippen LogP contribution in [0.1, 0.15) is 13.8 Å². The van der Waals surface area contributed by atoms with E-state index in [0.29, 0.717) is 0 Å². The normalized spacial score (nSPS) is 13.5. The van der Waals surface area contributed by atoms with E-state index in [9.17, 15) is 9.59 Å². The molecular formula is C12H17N3O2. The van der Waals surface area contributed by atoms with Crippen LogP contribution in [0.2, 0.25) is 0 Å². The number of rotatable bonds is 5. The van der Waals surface area contributed by atoms with Gasteiger partial charge in [-0.2, -0.15) is 0 Å². The summed E-state index contributed by atoms with van der Waals surface area (Å²) in [7, 11) is 0. The zero-order chi connectivity index (χ0) is 12.8. The maximum absolute atomic E-state index is 11.7. The summed E-state index contributed by atoms with van der Waals surface area (Å²) in [6, 6.07) is 8.27. The van der Waals surface area contributed by atoms with Crippen molar-refractivity contribution in [2.75, 3.05) is 5.32 Å². The number of anilines is 1. The molecule has 0 heterocycles. The Bertz CT molecular complexity index is 392. The van der Waals surface area contributed by atoms with Gasteiger partial charge in [0.25, 0.3) is 0 Å². The molecule has 0 aliphatic rings. The SMILES string of the molecule is C[C@H](NC(=O)[C@H](C)Nc1ccccc1)C(N)=O. The van der Waals surface area contributed by atoms with Gasteiger partial charge in [0.1, 0.15) is 12.1 Å². The number of hydrogen-bond acceptors (Lipinski definition) is 3. The van der Waals surface area contributed by atoms with Crippen LogP contribution in [0.4, 0.5) is 5.69 Å². The Balaban J connectivity index is 2.50. The average molecular weight is 235 g/mol. The first-order valence-electron chi connectivity index (χ1n) is 5.42. The van der Waals surface area contributed by atoms with Crippen molar-refractivity contribution in [3.63, 3.8) is 0 Å². The van der Waals surface area contributed by atoms with Gasteiger partial charge in [-0.1, -0.05) is 18.2 Å². The molecule has 0 unspecified atom stereocenters. The third-order valence-corrected chi connectivity index (χ3v) is 2.34. The minimum atomic E-state index is -0.664. The number of carbonyl (C=O) groups is 2. The van der Waals surface area contributed by atoms with Gasteiger partial charge in [0.2, 0.25) is 11.8 Å². The molecule has 0 saturated carbocycles. The molecule has 0 aliphatic heterocycles. The fourth-order valence-corrected chi connectivity index (χ4v) is 1.26. The molecule has 0 spiro atoms. The van der Waals surface area contributed by atoms with Crippen LogP contribution in [0.15, 0.2) is 30.3 Å². The smallest absolute Gasteiger partial charge is 0.242 e. The summed E-state index contributed by atoms with van der Waals surface area (Å²) in [6.45, 7) is 3.27. The zero-order valence-electron chi connectivity index (χ0n) is 9.94. The first-order valence-corrected chi connectivity index (χ1v) is 5.42. The van der Waals surface area contributed by atoms with Gasteiger partial charge in [0, 0.05) is 5.69 Å². The van der Waals surface area contributed by atoms with E-state index < -0.39 is 18.0 Å². The van der Waals surface area contributed by atoms with Crippen LogP contribution in [0.25, 0.3) is 0 Å². The predicted molar refractivity (Wildman–Crippen MR) is 66.3 cm³/mol. The van der Waals surface area contributed by atoms with Gasteiger partial charge in [0.15, 0.2) is 0 Å². The van der Waals surface area contributed by atoms with Crippen molar-refractivity contribution in [3.05, 3.63) is 30.3 Å². The van der Waals surface area contributed by atoms with Crippen LogP contribution in [0.5, 0.6) is 0 Å². The number of hydrogen-bond donors (Lipinski definition) is 3. The highest BCUT2D eigenvalue weighted by Crippen LogP contribution is 2.06. The molecule has 1 rings (SSSR count). The van der Waals surface area contributed by atoms with Crippen molar-refractivity contribution in [1.82, 2.24) is 5.32 Å². The van der Waals surface area contributed by atoms with Crippen molar-refractivity contribution in [2.24, 2.45) is 5.73 Å². The fourth-order valence-electron chi connectivity index (χ4n) is 1.26. The largest absolute Gasteiger partial charge is 0.374 e. The maximum atomic E-state index is 11.7. The highest BCUT2D eigenvalue weighted by Gasteiger charge is 2.17. The van der Waals surface area contributed by atoms with Crippen LogP contribution in [-0.2, 0) is 9.59 Å². The quantitative estimate of drug-likeness (QED) is 0.694. The van der Waals surface area contributed by atoms with Crippen LogP contribution in [0.3, 0.4) is 0 Å². The van der Waals surface area contributed by atoms with E-state index in [2.05, 4.69) is 10.6 Å². The lowest BCUT2D eigenvalue weighted by Gasteiger charge is -2.17. The van der Waals surface area contributed by atoms with Crippen molar-refractivity contribution in [3.8, 4) is 0 Å². The number of nitrogens with one attached hydrogen (secondary N) is 2. The first kappa shape index (κ1) is 13.0. The van der Waals surface area contributed by atoms with Gasteiger partial charge < -0.3 is 16.4 Å². The van der Waals surface area contributed by atoms with E-state index in [4.69, 9.17) is 5.73 Å².